The molecule has 5 heteroatoms. The van der Waals surface area contributed by atoms with Crippen LogP contribution in [-0.2, 0) is 11.2 Å². The summed E-state index contributed by atoms with van der Waals surface area (Å²) in [5, 5.41) is 2.28. The fourth-order valence-electron chi connectivity index (χ4n) is 3.18. The van der Waals surface area contributed by atoms with Gasteiger partial charge in [-0.3, -0.25) is 4.79 Å². The van der Waals surface area contributed by atoms with Crippen LogP contribution >= 0.6 is 23.1 Å². The highest BCUT2D eigenvalue weighted by Gasteiger charge is 2.23. The van der Waals surface area contributed by atoms with Crippen LogP contribution in [0.15, 0.2) is 70.9 Å². The van der Waals surface area contributed by atoms with Crippen LogP contribution in [0.25, 0.3) is 0 Å². The van der Waals surface area contributed by atoms with Crippen LogP contribution in [0.1, 0.15) is 37.6 Å². The molecule has 0 radical (unpaired) electrons. The fourth-order valence-corrected chi connectivity index (χ4v) is 5.15. The number of ketones is 1. The molecule has 3 nitrogen and oxygen atoms in total. The maximum Gasteiger partial charge on any atom is 0.338 e. The van der Waals surface area contributed by atoms with Gasteiger partial charge in [0.2, 0.25) is 5.78 Å². The molecule has 1 aliphatic heterocycles. The number of hydrogen-bond donors (Lipinski definition) is 0. The number of thioether (sulfide) groups is 1. The summed E-state index contributed by atoms with van der Waals surface area (Å²) in [5.41, 5.74) is 2.09. The number of esters is 1. The number of carbonyl (C=O) groups is 2. The van der Waals surface area contributed by atoms with Crippen molar-refractivity contribution in [1.29, 1.82) is 0 Å². The smallest absolute Gasteiger partial charge is 0.338 e. The summed E-state index contributed by atoms with van der Waals surface area (Å²) in [6, 6.07) is 18.9. The molecule has 2 aromatic carbocycles. The molecule has 1 aromatic heterocycles. The van der Waals surface area contributed by atoms with Gasteiger partial charge in [0.15, 0.2) is 0 Å². The van der Waals surface area contributed by atoms with E-state index in [2.05, 4.69) is 24.3 Å². The molecule has 1 atom stereocenters. The number of benzene rings is 2. The van der Waals surface area contributed by atoms with Crippen LogP contribution in [0, 0.1) is 0 Å². The fraction of sp³-hybridized carbons (Fsp3) is 0.182. The van der Waals surface area contributed by atoms with Crippen molar-refractivity contribution in [3.8, 4) is 0 Å². The molecular formula is C22H18O3S2. The van der Waals surface area contributed by atoms with E-state index in [4.69, 9.17) is 4.74 Å². The van der Waals surface area contributed by atoms with Gasteiger partial charge < -0.3 is 4.74 Å². The van der Waals surface area contributed by atoms with Gasteiger partial charge in [-0.25, -0.2) is 4.79 Å². The van der Waals surface area contributed by atoms with Gasteiger partial charge in [0.05, 0.1) is 17.0 Å². The Morgan fingerprint density at radius 3 is 2.52 bits per heavy atom. The molecule has 1 unspecified atom stereocenters. The molecule has 0 spiro atoms. The lowest BCUT2D eigenvalue weighted by molar-refractivity contribution is 0.0497. The Hall–Kier alpha value is -2.37. The zero-order chi connectivity index (χ0) is 18.6. The molecule has 1 aliphatic rings. The number of fused-ring (bicyclic) bond motifs is 1. The third-order valence-corrected chi connectivity index (χ3v) is 6.78. The zero-order valence-corrected chi connectivity index (χ0v) is 16.2. The van der Waals surface area contributed by atoms with Crippen LogP contribution in [0.5, 0.6) is 0 Å². The standard InChI is InChI=1S/C22H18O3S2/c23-21(20-10-5-13-26-20)17-7-2-3-8-18(17)22(24)25-12-11-16-14-15-6-1-4-9-19(15)27-16/h1-10,13,16H,11-12,14H2. The summed E-state index contributed by atoms with van der Waals surface area (Å²) in [5.74, 6) is -0.574. The van der Waals surface area contributed by atoms with Gasteiger partial charge in [0.25, 0.3) is 0 Å². The molecule has 136 valence electrons. The van der Waals surface area contributed by atoms with E-state index in [1.807, 2.05) is 23.2 Å². The van der Waals surface area contributed by atoms with E-state index in [0.29, 0.717) is 27.9 Å². The SMILES string of the molecule is O=C(OCCC1Cc2ccccc2S1)c1ccccc1C(=O)c1cccs1. The van der Waals surface area contributed by atoms with Crippen molar-refractivity contribution in [1.82, 2.24) is 0 Å². The number of hydrogen-bond acceptors (Lipinski definition) is 5. The molecule has 27 heavy (non-hydrogen) atoms. The maximum atomic E-state index is 12.6. The minimum atomic E-state index is -0.434. The minimum Gasteiger partial charge on any atom is -0.462 e. The lowest BCUT2D eigenvalue weighted by atomic mass is 10.0. The number of carbonyl (C=O) groups excluding carboxylic acids is 2. The first-order chi connectivity index (χ1) is 13.2. The lowest BCUT2D eigenvalue weighted by Crippen LogP contribution is -2.14. The molecule has 0 aliphatic carbocycles. The first kappa shape index (κ1) is 18.0. The van der Waals surface area contributed by atoms with Gasteiger partial charge >= 0.3 is 5.97 Å². The van der Waals surface area contributed by atoms with Gasteiger partial charge in [-0.05, 0) is 42.0 Å². The molecule has 0 amide bonds. The predicted molar refractivity (Wildman–Crippen MR) is 109 cm³/mol. The van der Waals surface area contributed by atoms with Crippen LogP contribution in [-0.4, -0.2) is 23.6 Å². The van der Waals surface area contributed by atoms with E-state index in [1.54, 1.807) is 30.3 Å². The van der Waals surface area contributed by atoms with Crippen molar-refractivity contribution >= 4 is 34.9 Å². The largest absolute Gasteiger partial charge is 0.462 e. The summed E-state index contributed by atoms with van der Waals surface area (Å²) in [6.07, 6.45) is 1.80. The Balaban J connectivity index is 1.37. The predicted octanol–water partition coefficient (Wildman–Crippen LogP) is 5.24. The van der Waals surface area contributed by atoms with E-state index in [0.717, 1.165) is 12.8 Å². The van der Waals surface area contributed by atoms with Crippen molar-refractivity contribution in [3.05, 3.63) is 87.6 Å². The molecule has 0 fully saturated rings. The van der Waals surface area contributed by atoms with Gasteiger partial charge in [-0.2, -0.15) is 0 Å². The Morgan fingerprint density at radius 1 is 0.963 bits per heavy atom. The highest BCUT2D eigenvalue weighted by Crippen LogP contribution is 2.38. The average Bonchev–Trinajstić information content (AvgIpc) is 3.37. The Morgan fingerprint density at radius 2 is 1.74 bits per heavy atom. The third kappa shape index (κ3) is 3.99. The second kappa shape index (κ2) is 8.11. The second-order valence-corrected chi connectivity index (χ2v) is 8.62. The van der Waals surface area contributed by atoms with Gasteiger partial charge in [0, 0.05) is 15.7 Å². The van der Waals surface area contributed by atoms with Gasteiger partial charge in [-0.1, -0.05) is 42.5 Å². The first-order valence-corrected chi connectivity index (χ1v) is 10.6. The molecule has 0 bridgehead atoms. The maximum absolute atomic E-state index is 12.6. The van der Waals surface area contributed by atoms with E-state index in [1.165, 1.54) is 21.8 Å². The van der Waals surface area contributed by atoms with Crippen LogP contribution in [0.3, 0.4) is 0 Å². The minimum absolute atomic E-state index is 0.139. The van der Waals surface area contributed by atoms with Crippen molar-refractivity contribution < 1.29 is 14.3 Å². The number of rotatable bonds is 6. The summed E-state index contributed by atoms with van der Waals surface area (Å²) in [4.78, 5) is 27.1. The summed E-state index contributed by atoms with van der Waals surface area (Å²) in [6.45, 7) is 0.353. The molecule has 0 saturated carbocycles. The van der Waals surface area contributed by atoms with Crippen molar-refractivity contribution in [3.63, 3.8) is 0 Å². The Bertz CT molecular complexity index is 938. The first-order valence-electron chi connectivity index (χ1n) is 8.81. The Kier molecular flexibility index (Phi) is 5.41. The zero-order valence-electron chi connectivity index (χ0n) is 14.6. The monoisotopic (exact) mass is 394 g/mol. The van der Waals surface area contributed by atoms with Crippen molar-refractivity contribution in [2.45, 2.75) is 23.0 Å². The van der Waals surface area contributed by atoms with E-state index in [-0.39, 0.29) is 5.78 Å². The highest BCUT2D eigenvalue weighted by atomic mass is 32.2. The summed E-state index contributed by atoms with van der Waals surface area (Å²) in [7, 11) is 0. The molecule has 0 N–H and O–H groups in total. The van der Waals surface area contributed by atoms with Crippen molar-refractivity contribution in [2.24, 2.45) is 0 Å². The average molecular weight is 395 g/mol. The number of ether oxygens (including phenoxy) is 1. The molecule has 2 heterocycles. The van der Waals surface area contributed by atoms with Crippen LogP contribution < -0.4 is 0 Å². The molecule has 3 aromatic rings. The molecule has 4 rings (SSSR count). The number of thiophene rings is 1. The van der Waals surface area contributed by atoms with E-state index in [9.17, 15) is 9.59 Å². The van der Waals surface area contributed by atoms with Gasteiger partial charge in [-0.15, -0.1) is 23.1 Å². The Labute approximate surface area is 166 Å². The lowest BCUT2D eigenvalue weighted by Gasteiger charge is -2.11. The highest BCUT2D eigenvalue weighted by molar-refractivity contribution is 8.00. The molecular weight excluding hydrogens is 376 g/mol. The third-order valence-electron chi connectivity index (χ3n) is 4.52. The topological polar surface area (TPSA) is 43.4 Å². The summed E-state index contributed by atoms with van der Waals surface area (Å²) < 4.78 is 5.50. The molecule has 0 saturated heterocycles. The van der Waals surface area contributed by atoms with Crippen LogP contribution in [0.2, 0.25) is 0 Å². The second-order valence-electron chi connectivity index (χ2n) is 6.33. The van der Waals surface area contributed by atoms with Crippen molar-refractivity contribution in [2.75, 3.05) is 6.61 Å². The van der Waals surface area contributed by atoms with E-state index >= 15 is 0 Å². The van der Waals surface area contributed by atoms with E-state index < -0.39 is 5.97 Å². The normalized spacial score (nSPS) is 15.3. The van der Waals surface area contributed by atoms with Gasteiger partial charge in [0.1, 0.15) is 0 Å². The van der Waals surface area contributed by atoms with Crippen LogP contribution in [0.4, 0.5) is 0 Å². The quantitative estimate of drug-likeness (QED) is 0.423. The summed E-state index contributed by atoms with van der Waals surface area (Å²) >= 11 is 3.22.